The van der Waals surface area contributed by atoms with Crippen LogP contribution >= 0.6 is 15.9 Å². The molecule has 0 saturated heterocycles. The van der Waals surface area contributed by atoms with Gasteiger partial charge in [-0.05, 0) is 36.4 Å². The number of nitrogens with zero attached hydrogens (tertiary/aromatic N) is 1. The number of carbonyl (C=O) groups is 1. The van der Waals surface area contributed by atoms with Crippen LogP contribution in [0.3, 0.4) is 0 Å². The van der Waals surface area contributed by atoms with E-state index >= 15 is 0 Å². The summed E-state index contributed by atoms with van der Waals surface area (Å²) in [6.07, 6.45) is 1.79. The molecule has 2 aromatic carbocycles. The van der Waals surface area contributed by atoms with Crippen LogP contribution in [0, 0.1) is 11.3 Å². The second kappa shape index (κ2) is 5.43. The summed E-state index contributed by atoms with van der Waals surface area (Å²) in [6, 6.07) is 14.6. The Bertz CT molecular complexity index is 877. The molecular weight excluding hydrogens is 330 g/mol. The summed E-state index contributed by atoms with van der Waals surface area (Å²) in [4.78, 5) is 15.5. The summed E-state index contributed by atoms with van der Waals surface area (Å²) in [6.45, 7) is 0. The predicted octanol–water partition coefficient (Wildman–Crippen LogP) is 4.05. The smallest absolute Gasteiger partial charge is 0.256 e. The van der Waals surface area contributed by atoms with Gasteiger partial charge in [0.2, 0.25) is 0 Å². The van der Waals surface area contributed by atoms with Crippen molar-refractivity contribution in [3.8, 4) is 6.07 Å². The number of nitriles is 1. The SMILES string of the molecule is N#Cc1cc(Br)ccc1NC(=O)c1cccc2[nH]ccc12. The third kappa shape index (κ3) is 2.54. The van der Waals surface area contributed by atoms with E-state index in [0.29, 0.717) is 16.8 Å². The molecule has 2 N–H and O–H groups in total. The van der Waals surface area contributed by atoms with Crippen molar-refractivity contribution in [3.05, 3.63) is 64.3 Å². The normalized spacial score (nSPS) is 10.3. The molecule has 0 aliphatic rings. The van der Waals surface area contributed by atoms with Gasteiger partial charge < -0.3 is 10.3 Å². The highest BCUT2D eigenvalue weighted by Crippen LogP contribution is 2.23. The summed E-state index contributed by atoms with van der Waals surface area (Å²) in [5.74, 6) is -0.237. The Balaban J connectivity index is 1.97. The summed E-state index contributed by atoms with van der Waals surface area (Å²) in [7, 11) is 0. The molecule has 0 spiro atoms. The third-order valence-electron chi connectivity index (χ3n) is 3.19. The van der Waals surface area contributed by atoms with Gasteiger partial charge in [-0.1, -0.05) is 22.0 Å². The molecule has 1 aromatic heterocycles. The predicted molar refractivity (Wildman–Crippen MR) is 85.1 cm³/mol. The first kappa shape index (κ1) is 13.4. The van der Waals surface area contributed by atoms with Crippen molar-refractivity contribution in [1.29, 1.82) is 5.26 Å². The molecule has 1 amide bonds. The second-order valence-electron chi connectivity index (χ2n) is 4.50. The zero-order valence-electron chi connectivity index (χ0n) is 10.9. The number of nitrogens with one attached hydrogen (secondary N) is 2. The minimum atomic E-state index is -0.237. The van der Waals surface area contributed by atoms with E-state index in [0.717, 1.165) is 15.4 Å². The molecule has 4 nitrogen and oxygen atoms in total. The van der Waals surface area contributed by atoms with Crippen LogP contribution in [0.5, 0.6) is 0 Å². The zero-order valence-corrected chi connectivity index (χ0v) is 12.4. The number of fused-ring (bicyclic) bond motifs is 1. The van der Waals surface area contributed by atoms with Gasteiger partial charge in [-0.2, -0.15) is 5.26 Å². The lowest BCUT2D eigenvalue weighted by Gasteiger charge is -2.08. The van der Waals surface area contributed by atoms with Crippen molar-refractivity contribution in [1.82, 2.24) is 4.98 Å². The number of benzene rings is 2. The topological polar surface area (TPSA) is 68.7 Å². The molecule has 0 fully saturated rings. The number of rotatable bonds is 2. The van der Waals surface area contributed by atoms with E-state index in [2.05, 4.69) is 32.3 Å². The highest BCUT2D eigenvalue weighted by Gasteiger charge is 2.12. The van der Waals surface area contributed by atoms with Gasteiger partial charge in [0.25, 0.3) is 5.91 Å². The molecule has 3 aromatic rings. The van der Waals surface area contributed by atoms with Crippen molar-refractivity contribution in [2.75, 3.05) is 5.32 Å². The van der Waals surface area contributed by atoms with Crippen molar-refractivity contribution < 1.29 is 4.79 Å². The molecule has 21 heavy (non-hydrogen) atoms. The number of aromatic amines is 1. The van der Waals surface area contributed by atoms with Crippen LogP contribution in [0.25, 0.3) is 10.9 Å². The minimum Gasteiger partial charge on any atom is -0.361 e. The molecule has 102 valence electrons. The lowest BCUT2D eigenvalue weighted by atomic mass is 10.1. The number of aromatic nitrogens is 1. The molecule has 0 aliphatic heterocycles. The van der Waals surface area contributed by atoms with Gasteiger partial charge in [-0.15, -0.1) is 0 Å². The Labute approximate surface area is 129 Å². The Morgan fingerprint density at radius 2 is 2.10 bits per heavy atom. The maximum Gasteiger partial charge on any atom is 0.256 e. The average Bonchev–Trinajstić information content (AvgIpc) is 2.97. The van der Waals surface area contributed by atoms with Crippen molar-refractivity contribution in [2.24, 2.45) is 0 Å². The highest BCUT2D eigenvalue weighted by atomic mass is 79.9. The van der Waals surface area contributed by atoms with Crippen molar-refractivity contribution in [2.45, 2.75) is 0 Å². The summed E-state index contributed by atoms with van der Waals surface area (Å²) in [5, 5.41) is 12.8. The van der Waals surface area contributed by atoms with Crippen molar-refractivity contribution >= 4 is 38.4 Å². The Morgan fingerprint density at radius 3 is 2.90 bits per heavy atom. The zero-order chi connectivity index (χ0) is 14.8. The van der Waals surface area contributed by atoms with Crippen LogP contribution in [-0.4, -0.2) is 10.9 Å². The van der Waals surface area contributed by atoms with E-state index < -0.39 is 0 Å². The maximum absolute atomic E-state index is 12.4. The Morgan fingerprint density at radius 1 is 1.24 bits per heavy atom. The number of H-pyrrole nitrogens is 1. The molecule has 5 heteroatoms. The quantitative estimate of drug-likeness (QED) is 0.739. The van der Waals surface area contributed by atoms with E-state index in [1.807, 2.05) is 18.2 Å². The van der Waals surface area contributed by atoms with Crippen LogP contribution in [-0.2, 0) is 0 Å². The van der Waals surface area contributed by atoms with Crippen LogP contribution < -0.4 is 5.32 Å². The molecule has 0 radical (unpaired) electrons. The molecule has 0 unspecified atom stereocenters. The van der Waals surface area contributed by atoms with Crippen LogP contribution in [0.2, 0.25) is 0 Å². The van der Waals surface area contributed by atoms with Gasteiger partial charge in [0.1, 0.15) is 6.07 Å². The van der Waals surface area contributed by atoms with Crippen LogP contribution in [0.4, 0.5) is 5.69 Å². The van der Waals surface area contributed by atoms with Gasteiger partial charge in [0.15, 0.2) is 0 Å². The highest BCUT2D eigenvalue weighted by molar-refractivity contribution is 9.10. The van der Waals surface area contributed by atoms with Gasteiger partial charge in [-0.3, -0.25) is 4.79 Å². The molecular formula is C16H10BrN3O. The fourth-order valence-corrected chi connectivity index (χ4v) is 2.55. The van der Waals surface area contributed by atoms with Gasteiger partial charge in [-0.25, -0.2) is 0 Å². The molecule has 0 atom stereocenters. The van der Waals surface area contributed by atoms with E-state index in [-0.39, 0.29) is 5.91 Å². The van der Waals surface area contributed by atoms with Crippen LogP contribution in [0.1, 0.15) is 15.9 Å². The standard InChI is InChI=1S/C16H10BrN3O/c17-11-4-5-14(10(8-11)9-18)20-16(21)13-2-1-3-15-12(13)6-7-19-15/h1-8,19H,(H,20,21). The van der Waals surface area contributed by atoms with Gasteiger partial charge in [0.05, 0.1) is 11.3 Å². The Hall–Kier alpha value is -2.58. The van der Waals surface area contributed by atoms with Gasteiger partial charge >= 0.3 is 0 Å². The number of anilines is 1. The lowest BCUT2D eigenvalue weighted by Crippen LogP contribution is -2.13. The third-order valence-corrected chi connectivity index (χ3v) is 3.68. The van der Waals surface area contributed by atoms with Gasteiger partial charge in [0, 0.05) is 27.1 Å². The minimum absolute atomic E-state index is 0.237. The van der Waals surface area contributed by atoms with Crippen molar-refractivity contribution in [3.63, 3.8) is 0 Å². The molecule has 1 heterocycles. The maximum atomic E-state index is 12.4. The number of halogens is 1. The van der Waals surface area contributed by atoms with E-state index in [4.69, 9.17) is 5.26 Å². The van der Waals surface area contributed by atoms with E-state index in [1.165, 1.54) is 0 Å². The lowest BCUT2D eigenvalue weighted by molar-refractivity contribution is 0.102. The summed E-state index contributed by atoms with van der Waals surface area (Å²) in [5.41, 5.74) is 2.39. The summed E-state index contributed by atoms with van der Waals surface area (Å²) >= 11 is 3.31. The monoisotopic (exact) mass is 339 g/mol. The fraction of sp³-hybridized carbons (Fsp3) is 0. The van der Waals surface area contributed by atoms with Crippen LogP contribution in [0.15, 0.2) is 53.1 Å². The molecule has 0 bridgehead atoms. The number of carbonyl (C=O) groups excluding carboxylic acids is 1. The first-order valence-corrected chi connectivity index (χ1v) is 7.05. The number of hydrogen-bond acceptors (Lipinski definition) is 2. The summed E-state index contributed by atoms with van der Waals surface area (Å²) < 4.78 is 0.796. The first-order chi connectivity index (χ1) is 10.2. The van der Waals surface area contributed by atoms with E-state index in [9.17, 15) is 4.79 Å². The molecule has 3 rings (SSSR count). The number of hydrogen-bond donors (Lipinski definition) is 2. The Kier molecular flexibility index (Phi) is 3.46. The number of amides is 1. The fourth-order valence-electron chi connectivity index (χ4n) is 2.19. The molecule has 0 aliphatic carbocycles. The second-order valence-corrected chi connectivity index (χ2v) is 5.42. The van der Waals surface area contributed by atoms with E-state index in [1.54, 1.807) is 30.5 Å². The first-order valence-electron chi connectivity index (χ1n) is 6.26. The average molecular weight is 340 g/mol. The molecule has 0 saturated carbocycles. The largest absolute Gasteiger partial charge is 0.361 e.